The summed E-state index contributed by atoms with van der Waals surface area (Å²) in [5, 5.41) is 3.08. The van der Waals surface area contributed by atoms with E-state index in [1.54, 1.807) is 0 Å². The maximum atomic E-state index is 12.2. The quantitative estimate of drug-likeness (QED) is 0.612. The Labute approximate surface area is 129 Å². The molecule has 0 heterocycles. The second kappa shape index (κ2) is 8.21. The van der Waals surface area contributed by atoms with E-state index in [1.807, 2.05) is 31.2 Å². The van der Waals surface area contributed by atoms with Gasteiger partial charge in [0.15, 0.2) is 0 Å². The summed E-state index contributed by atoms with van der Waals surface area (Å²) in [6.07, 6.45) is 10.4. The SMILES string of the molecule is CCCCCCCC[C@@H]1C[C@@H]1C(=O)Nc1ccccc1C. The number of rotatable bonds is 9. The van der Waals surface area contributed by atoms with E-state index >= 15 is 0 Å². The van der Waals surface area contributed by atoms with Crippen LogP contribution in [0.5, 0.6) is 0 Å². The second-order valence-electron chi connectivity index (χ2n) is 6.46. The van der Waals surface area contributed by atoms with E-state index < -0.39 is 0 Å². The zero-order valence-electron chi connectivity index (χ0n) is 13.5. The number of benzene rings is 1. The summed E-state index contributed by atoms with van der Waals surface area (Å²) in [6.45, 7) is 4.29. The Hall–Kier alpha value is -1.31. The smallest absolute Gasteiger partial charge is 0.227 e. The average molecular weight is 287 g/mol. The first-order valence-corrected chi connectivity index (χ1v) is 8.59. The third-order valence-electron chi connectivity index (χ3n) is 4.59. The molecule has 0 unspecified atom stereocenters. The lowest BCUT2D eigenvalue weighted by Crippen LogP contribution is -2.15. The Morgan fingerprint density at radius 2 is 1.86 bits per heavy atom. The molecule has 1 amide bonds. The van der Waals surface area contributed by atoms with Gasteiger partial charge in [0, 0.05) is 11.6 Å². The molecule has 1 aromatic carbocycles. The van der Waals surface area contributed by atoms with Crippen molar-refractivity contribution in [3.63, 3.8) is 0 Å². The van der Waals surface area contributed by atoms with Gasteiger partial charge in [-0.3, -0.25) is 4.79 Å². The number of carbonyl (C=O) groups excluding carboxylic acids is 1. The highest BCUT2D eigenvalue weighted by Crippen LogP contribution is 2.43. The van der Waals surface area contributed by atoms with Crippen molar-refractivity contribution in [2.24, 2.45) is 11.8 Å². The topological polar surface area (TPSA) is 29.1 Å². The zero-order valence-corrected chi connectivity index (χ0v) is 13.5. The molecule has 2 heteroatoms. The van der Waals surface area contributed by atoms with Crippen LogP contribution in [0.25, 0.3) is 0 Å². The predicted octanol–water partition coefficient (Wildman–Crippen LogP) is 5.32. The van der Waals surface area contributed by atoms with Crippen LogP contribution in [0.1, 0.15) is 63.9 Å². The van der Waals surface area contributed by atoms with Gasteiger partial charge in [0.25, 0.3) is 0 Å². The fraction of sp³-hybridized carbons (Fsp3) is 0.632. The van der Waals surface area contributed by atoms with E-state index in [0.717, 1.165) is 17.7 Å². The normalized spacial score (nSPS) is 20.3. The first kappa shape index (κ1) is 16.1. The maximum absolute atomic E-state index is 12.2. The van der Waals surface area contributed by atoms with E-state index in [9.17, 15) is 4.79 Å². The standard InChI is InChI=1S/C19H29NO/c1-3-4-5-6-7-8-12-16-14-17(16)19(21)20-18-13-10-9-11-15(18)2/h9-11,13,16-17H,3-8,12,14H2,1-2H3,(H,20,21)/t16-,17+/m1/s1. The van der Waals surface area contributed by atoms with E-state index in [1.165, 1.54) is 44.9 Å². The predicted molar refractivity (Wildman–Crippen MR) is 89.4 cm³/mol. The van der Waals surface area contributed by atoms with Gasteiger partial charge in [0.2, 0.25) is 5.91 Å². The second-order valence-corrected chi connectivity index (χ2v) is 6.46. The van der Waals surface area contributed by atoms with Gasteiger partial charge in [0.05, 0.1) is 0 Å². The summed E-state index contributed by atoms with van der Waals surface area (Å²) in [5.74, 6) is 1.13. The minimum Gasteiger partial charge on any atom is -0.326 e. The minimum atomic E-state index is 0.222. The Morgan fingerprint density at radius 1 is 1.14 bits per heavy atom. The lowest BCUT2D eigenvalue weighted by Gasteiger charge is -2.07. The molecule has 21 heavy (non-hydrogen) atoms. The summed E-state index contributed by atoms with van der Waals surface area (Å²) in [6, 6.07) is 8.00. The number of para-hydroxylation sites is 1. The van der Waals surface area contributed by atoms with Gasteiger partial charge in [-0.25, -0.2) is 0 Å². The molecule has 1 aliphatic carbocycles. The minimum absolute atomic E-state index is 0.222. The molecular formula is C19H29NO. The van der Waals surface area contributed by atoms with Gasteiger partial charge in [-0.05, 0) is 37.3 Å². The molecule has 0 aromatic heterocycles. The fourth-order valence-electron chi connectivity index (χ4n) is 3.01. The Morgan fingerprint density at radius 3 is 2.62 bits per heavy atom. The van der Waals surface area contributed by atoms with Crippen LogP contribution in [-0.2, 0) is 4.79 Å². The number of carbonyl (C=O) groups is 1. The van der Waals surface area contributed by atoms with Crippen molar-refractivity contribution in [2.75, 3.05) is 5.32 Å². The van der Waals surface area contributed by atoms with Crippen molar-refractivity contribution >= 4 is 11.6 Å². The molecule has 0 radical (unpaired) electrons. The van der Waals surface area contributed by atoms with Crippen molar-refractivity contribution in [2.45, 2.75) is 65.2 Å². The lowest BCUT2D eigenvalue weighted by atomic mass is 10.1. The third kappa shape index (κ3) is 5.18. The van der Waals surface area contributed by atoms with Gasteiger partial charge in [-0.15, -0.1) is 0 Å². The molecule has 1 aliphatic rings. The fourth-order valence-corrected chi connectivity index (χ4v) is 3.01. The molecule has 0 bridgehead atoms. The van der Waals surface area contributed by atoms with Crippen molar-refractivity contribution in [1.82, 2.24) is 0 Å². The van der Waals surface area contributed by atoms with E-state index in [2.05, 4.69) is 12.2 Å². The Balaban J connectivity index is 1.62. The van der Waals surface area contributed by atoms with Crippen LogP contribution in [0, 0.1) is 18.8 Å². The lowest BCUT2D eigenvalue weighted by molar-refractivity contribution is -0.117. The highest BCUT2D eigenvalue weighted by molar-refractivity contribution is 5.95. The molecule has 116 valence electrons. The molecule has 1 fully saturated rings. The molecule has 0 saturated heterocycles. The molecule has 0 aliphatic heterocycles. The van der Waals surface area contributed by atoms with Crippen molar-refractivity contribution in [3.8, 4) is 0 Å². The number of anilines is 1. The number of aryl methyl sites for hydroxylation is 1. The number of hydrogen-bond acceptors (Lipinski definition) is 1. The average Bonchev–Trinajstić information content (AvgIpc) is 3.25. The number of hydrogen-bond donors (Lipinski definition) is 1. The maximum Gasteiger partial charge on any atom is 0.227 e. The molecular weight excluding hydrogens is 258 g/mol. The van der Waals surface area contributed by atoms with Crippen LogP contribution < -0.4 is 5.32 Å². The van der Waals surface area contributed by atoms with E-state index in [0.29, 0.717) is 5.92 Å². The van der Waals surface area contributed by atoms with Gasteiger partial charge in [-0.2, -0.15) is 0 Å². The van der Waals surface area contributed by atoms with E-state index in [-0.39, 0.29) is 11.8 Å². The molecule has 1 aromatic rings. The Bertz CT molecular complexity index is 455. The summed E-state index contributed by atoms with van der Waals surface area (Å²) in [4.78, 5) is 12.2. The van der Waals surface area contributed by atoms with Crippen LogP contribution in [0.2, 0.25) is 0 Å². The molecule has 2 atom stereocenters. The highest BCUT2D eigenvalue weighted by atomic mass is 16.2. The van der Waals surface area contributed by atoms with Gasteiger partial charge >= 0.3 is 0 Å². The largest absolute Gasteiger partial charge is 0.326 e. The monoisotopic (exact) mass is 287 g/mol. The molecule has 1 saturated carbocycles. The first-order valence-electron chi connectivity index (χ1n) is 8.59. The summed E-state index contributed by atoms with van der Waals surface area (Å²) in [5.41, 5.74) is 2.10. The molecule has 2 rings (SSSR count). The van der Waals surface area contributed by atoms with Crippen molar-refractivity contribution < 1.29 is 4.79 Å². The van der Waals surface area contributed by atoms with Gasteiger partial charge in [0.1, 0.15) is 0 Å². The van der Waals surface area contributed by atoms with Gasteiger partial charge < -0.3 is 5.32 Å². The van der Waals surface area contributed by atoms with Crippen LogP contribution in [0.4, 0.5) is 5.69 Å². The Kier molecular flexibility index (Phi) is 6.28. The third-order valence-corrected chi connectivity index (χ3v) is 4.59. The molecule has 1 N–H and O–H groups in total. The summed E-state index contributed by atoms with van der Waals surface area (Å²) < 4.78 is 0. The molecule has 2 nitrogen and oxygen atoms in total. The molecule has 0 spiro atoms. The van der Waals surface area contributed by atoms with Gasteiger partial charge in [-0.1, -0.05) is 63.6 Å². The van der Waals surface area contributed by atoms with Crippen LogP contribution >= 0.6 is 0 Å². The van der Waals surface area contributed by atoms with Crippen molar-refractivity contribution in [1.29, 1.82) is 0 Å². The number of amides is 1. The highest BCUT2D eigenvalue weighted by Gasteiger charge is 2.42. The summed E-state index contributed by atoms with van der Waals surface area (Å²) in [7, 11) is 0. The number of nitrogens with one attached hydrogen (secondary N) is 1. The van der Waals surface area contributed by atoms with Crippen LogP contribution in [0.3, 0.4) is 0 Å². The number of unbranched alkanes of at least 4 members (excludes halogenated alkanes) is 5. The van der Waals surface area contributed by atoms with E-state index in [4.69, 9.17) is 0 Å². The van der Waals surface area contributed by atoms with Crippen LogP contribution in [0.15, 0.2) is 24.3 Å². The zero-order chi connectivity index (χ0) is 15.1. The first-order chi connectivity index (χ1) is 10.2. The van der Waals surface area contributed by atoms with Crippen LogP contribution in [-0.4, -0.2) is 5.91 Å². The summed E-state index contributed by atoms with van der Waals surface area (Å²) >= 11 is 0. The van der Waals surface area contributed by atoms with Crippen molar-refractivity contribution in [3.05, 3.63) is 29.8 Å².